The standard InChI is InChI=1S/C19H18ClF3N4O2/c1-11-5-3-8-15(25-11)27-10-14(26(2)18(27)29)17(28)24-9-12-6-4-7-13(16(12)20)19(21,22)23/h3-8,14H,9-10H2,1-2H3,(H,24,28). The molecule has 0 spiro atoms. The lowest BCUT2D eigenvalue weighted by Gasteiger charge is -2.18. The van der Waals surface area contributed by atoms with Gasteiger partial charge < -0.3 is 10.2 Å². The number of hydrogen-bond acceptors (Lipinski definition) is 3. The van der Waals surface area contributed by atoms with Gasteiger partial charge in [0, 0.05) is 19.3 Å². The molecular formula is C19H18ClF3N4O2. The van der Waals surface area contributed by atoms with Crippen LogP contribution in [0.2, 0.25) is 5.02 Å². The van der Waals surface area contributed by atoms with E-state index in [0.29, 0.717) is 5.82 Å². The SMILES string of the molecule is Cc1cccc(N2CC(C(=O)NCc3cccc(C(F)(F)F)c3Cl)N(C)C2=O)n1. The van der Waals surface area contributed by atoms with E-state index in [1.165, 1.54) is 29.0 Å². The highest BCUT2D eigenvalue weighted by Crippen LogP contribution is 2.36. The van der Waals surface area contributed by atoms with Crippen LogP contribution in [0.3, 0.4) is 0 Å². The summed E-state index contributed by atoms with van der Waals surface area (Å²) in [7, 11) is 1.49. The number of hydrogen-bond donors (Lipinski definition) is 1. The zero-order chi connectivity index (χ0) is 21.3. The maximum atomic E-state index is 13.0. The van der Waals surface area contributed by atoms with Crippen molar-refractivity contribution in [3.05, 3.63) is 58.2 Å². The van der Waals surface area contributed by atoms with Gasteiger partial charge in [-0.1, -0.05) is 29.8 Å². The number of nitrogens with one attached hydrogen (secondary N) is 1. The molecule has 1 fully saturated rings. The van der Waals surface area contributed by atoms with E-state index in [-0.39, 0.29) is 24.7 Å². The normalized spacial score (nSPS) is 17.0. The summed E-state index contributed by atoms with van der Waals surface area (Å²) in [4.78, 5) is 32.0. The second-order valence-corrected chi connectivity index (χ2v) is 7.03. The van der Waals surface area contributed by atoms with Crippen molar-refractivity contribution >= 4 is 29.4 Å². The highest BCUT2D eigenvalue weighted by molar-refractivity contribution is 6.32. The summed E-state index contributed by atoms with van der Waals surface area (Å²) in [6, 6.07) is 7.53. The molecule has 0 radical (unpaired) electrons. The van der Waals surface area contributed by atoms with Crippen molar-refractivity contribution in [3.63, 3.8) is 0 Å². The number of aryl methyl sites for hydroxylation is 1. The van der Waals surface area contributed by atoms with Gasteiger partial charge in [0.1, 0.15) is 11.9 Å². The monoisotopic (exact) mass is 426 g/mol. The van der Waals surface area contributed by atoms with Crippen LogP contribution in [-0.2, 0) is 17.5 Å². The Morgan fingerprint density at radius 1 is 1.28 bits per heavy atom. The molecule has 1 aliphatic rings. The van der Waals surface area contributed by atoms with Crippen LogP contribution in [0.25, 0.3) is 0 Å². The molecule has 3 amide bonds. The molecule has 0 aliphatic carbocycles. The molecule has 1 aromatic carbocycles. The number of aromatic nitrogens is 1. The van der Waals surface area contributed by atoms with Gasteiger partial charge in [0.2, 0.25) is 5.91 Å². The van der Waals surface area contributed by atoms with Crippen molar-refractivity contribution in [2.75, 3.05) is 18.5 Å². The van der Waals surface area contributed by atoms with Crippen LogP contribution in [0, 0.1) is 6.92 Å². The van der Waals surface area contributed by atoms with Gasteiger partial charge in [0.05, 0.1) is 17.1 Å². The van der Waals surface area contributed by atoms with Crippen molar-refractivity contribution in [2.24, 2.45) is 0 Å². The maximum absolute atomic E-state index is 13.0. The minimum Gasteiger partial charge on any atom is -0.350 e. The zero-order valence-corrected chi connectivity index (χ0v) is 16.4. The summed E-state index contributed by atoms with van der Waals surface area (Å²) >= 11 is 5.85. The number of nitrogens with zero attached hydrogens (tertiary/aromatic N) is 3. The lowest BCUT2D eigenvalue weighted by atomic mass is 10.1. The number of carbonyl (C=O) groups is 2. The van der Waals surface area contributed by atoms with E-state index in [2.05, 4.69) is 10.3 Å². The summed E-state index contributed by atoms with van der Waals surface area (Å²) < 4.78 is 38.9. The summed E-state index contributed by atoms with van der Waals surface area (Å²) in [5.41, 5.74) is -0.0974. The molecule has 0 saturated carbocycles. The average molecular weight is 427 g/mol. The van der Waals surface area contributed by atoms with Gasteiger partial charge in [-0.3, -0.25) is 9.69 Å². The number of likely N-dealkylation sites (N-methyl/N-ethyl adjacent to an activating group) is 1. The minimum absolute atomic E-state index is 0.0773. The predicted molar refractivity (Wildman–Crippen MR) is 102 cm³/mol. The molecule has 1 aromatic heterocycles. The third kappa shape index (κ3) is 4.29. The van der Waals surface area contributed by atoms with Crippen LogP contribution >= 0.6 is 11.6 Å². The predicted octanol–water partition coefficient (Wildman–Crippen LogP) is 3.62. The second-order valence-electron chi connectivity index (χ2n) is 6.65. The summed E-state index contributed by atoms with van der Waals surface area (Å²) in [5, 5.41) is 2.11. The first-order valence-electron chi connectivity index (χ1n) is 8.70. The minimum atomic E-state index is -4.59. The molecule has 6 nitrogen and oxygen atoms in total. The van der Waals surface area contributed by atoms with Gasteiger partial charge in [-0.2, -0.15) is 13.2 Å². The Bertz CT molecular complexity index is 951. The first kappa shape index (κ1) is 20.9. The van der Waals surface area contributed by atoms with Crippen LogP contribution in [0.15, 0.2) is 36.4 Å². The smallest absolute Gasteiger partial charge is 0.350 e. The Kier molecular flexibility index (Phi) is 5.70. The Morgan fingerprint density at radius 2 is 1.97 bits per heavy atom. The zero-order valence-electron chi connectivity index (χ0n) is 15.6. The number of pyridine rings is 1. The van der Waals surface area contributed by atoms with Gasteiger partial charge in [0.15, 0.2) is 0 Å². The Balaban J connectivity index is 1.71. The van der Waals surface area contributed by atoms with E-state index >= 15 is 0 Å². The van der Waals surface area contributed by atoms with Crippen molar-refractivity contribution in [3.8, 4) is 0 Å². The highest BCUT2D eigenvalue weighted by Gasteiger charge is 2.40. The molecule has 2 heterocycles. The topological polar surface area (TPSA) is 65.5 Å². The molecule has 10 heteroatoms. The molecule has 29 heavy (non-hydrogen) atoms. The molecule has 1 aliphatic heterocycles. The van der Waals surface area contributed by atoms with Crippen LogP contribution in [-0.4, -0.2) is 41.5 Å². The Hall–Kier alpha value is -2.81. The summed E-state index contributed by atoms with van der Waals surface area (Å²) in [5.74, 6) is -0.0671. The number of rotatable bonds is 4. The lowest BCUT2D eigenvalue weighted by molar-refractivity contribution is -0.137. The van der Waals surface area contributed by atoms with Crippen molar-refractivity contribution < 1.29 is 22.8 Å². The molecule has 1 unspecified atom stereocenters. The number of urea groups is 1. The number of amides is 3. The summed E-state index contributed by atoms with van der Waals surface area (Å²) in [6.07, 6.45) is -4.59. The molecule has 1 saturated heterocycles. The molecule has 3 rings (SSSR count). The molecule has 2 aromatic rings. The Labute approximate surface area is 170 Å². The van der Waals surface area contributed by atoms with E-state index in [4.69, 9.17) is 11.6 Å². The van der Waals surface area contributed by atoms with Crippen LogP contribution in [0.4, 0.5) is 23.8 Å². The van der Waals surface area contributed by atoms with Gasteiger partial charge in [0.25, 0.3) is 0 Å². The van der Waals surface area contributed by atoms with E-state index in [9.17, 15) is 22.8 Å². The molecule has 154 valence electrons. The largest absolute Gasteiger partial charge is 0.417 e. The number of benzene rings is 1. The number of carbonyl (C=O) groups excluding carboxylic acids is 2. The van der Waals surface area contributed by atoms with Crippen LogP contribution in [0.1, 0.15) is 16.8 Å². The van der Waals surface area contributed by atoms with Crippen LogP contribution in [0.5, 0.6) is 0 Å². The van der Waals surface area contributed by atoms with E-state index in [0.717, 1.165) is 11.8 Å². The maximum Gasteiger partial charge on any atom is 0.417 e. The van der Waals surface area contributed by atoms with Gasteiger partial charge in [-0.05, 0) is 30.7 Å². The summed E-state index contributed by atoms with van der Waals surface area (Å²) in [6.45, 7) is 1.67. The van der Waals surface area contributed by atoms with Gasteiger partial charge in [-0.25, -0.2) is 9.78 Å². The molecule has 1 atom stereocenters. The number of halogens is 4. The fourth-order valence-electron chi connectivity index (χ4n) is 3.06. The average Bonchev–Trinajstić information content (AvgIpc) is 2.95. The third-order valence-corrected chi connectivity index (χ3v) is 5.09. The second kappa shape index (κ2) is 7.90. The van der Waals surface area contributed by atoms with E-state index < -0.39 is 28.7 Å². The molecule has 0 bridgehead atoms. The van der Waals surface area contributed by atoms with Crippen molar-refractivity contribution in [2.45, 2.75) is 25.7 Å². The van der Waals surface area contributed by atoms with Gasteiger partial charge in [-0.15, -0.1) is 0 Å². The van der Waals surface area contributed by atoms with Crippen LogP contribution < -0.4 is 10.2 Å². The Morgan fingerprint density at radius 3 is 2.62 bits per heavy atom. The third-order valence-electron chi connectivity index (χ3n) is 4.65. The molecular weight excluding hydrogens is 409 g/mol. The first-order valence-corrected chi connectivity index (χ1v) is 9.07. The van der Waals surface area contributed by atoms with Gasteiger partial charge >= 0.3 is 12.2 Å². The fourth-order valence-corrected chi connectivity index (χ4v) is 3.36. The first-order chi connectivity index (χ1) is 13.6. The quantitative estimate of drug-likeness (QED) is 0.812. The molecule has 1 N–H and O–H groups in total. The number of anilines is 1. The van der Waals surface area contributed by atoms with E-state index in [1.54, 1.807) is 25.1 Å². The fraction of sp³-hybridized carbons (Fsp3) is 0.316. The lowest BCUT2D eigenvalue weighted by Crippen LogP contribution is -2.43. The van der Waals surface area contributed by atoms with Crippen molar-refractivity contribution in [1.29, 1.82) is 0 Å². The van der Waals surface area contributed by atoms with Crippen molar-refractivity contribution in [1.82, 2.24) is 15.2 Å². The highest BCUT2D eigenvalue weighted by atomic mass is 35.5. The van der Waals surface area contributed by atoms with E-state index in [1.807, 2.05) is 0 Å². The number of alkyl halides is 3.